The molecular formula is C7H16BrNO. The Morgan fingerprint density at radius 2 is 2.00 bits per heavy atom. The second kappa shape index (κ2) is 7.51. The second-order valence-electron chi connectivity index (χ2n) is 2.42. The molecule has 0 aromatic carbocycles. The lowest BCUT2D eigenvalue weighted by Crippen LogP contribution is -2.21. The van der Waals surface area contributed by atoms with Crippen LogP contribution in [-0.2, 0) is 0 Å². The average molecular weight is 210 g/mol. The van der Waals surface area contributed by atoms with Crippen molar-refractivity contribution in [2.45, 2.75) is 12.8 Å². The predicted molar refractivity (Wildman–Crippen MR) is 47.6 cm³/mol. The lowest BCUT2D eigenvalue weighted by atomic mass is 10.3. The first-order valence-electron chi connectivity index (χ1n) is 3.66. The van der Waals surface area contributed by atoms with E-state index in [1.165, 1.54) is 0 Å². The molecule has 0 aliphatic heterocycles. The van der Waals surface area contributed by atoms with Crippen molar-refractivity contribution in [1.29, 1.82) is 0 Å². The number of alkyl halides is 1. The van der Waals surface area contributed by atoms with Gasteiger partial charge in [-0.15, -0.1) is 0 Å². The largest absolute Gasteiger partial charge is 0.396 e. The van der Waals surface area contributed by atoms with Gasteiger partial charge in [0.25, 0.3) is 0 Å². The molecule has 0 aromatic rings. The van der Waals surface area contributed by atoms with Crippen LogP contribution in [0, 0.1) is 0 Å². The molecule has 2 nitrogen and oxygen atoms in total. The highest BCUT2D eigenvalue weighted by Crippen LogP contribution is 1.92. The molecular weight excluding hydrogens is 194 g/mol. The standard InChI is InChI=1S/C7H16BrNO/c1-9(6-4-8)5-2-3-7-10/h10H,2-7H2,1H3. The summed E-state index contributed by atoms with van der Waals surface area (Å²) in [6.45, 7) is 2.50. The third-order valence-corrected chi connectivity index (χ3v) is 1.77. The van der Waals surface area contributed by atoms with Gasteiger partial charge in [-0.1, -0.05) is 15.9 Å². The van der Waals surface area contributed by atoms with Crippen LogP contribution in [-0.4, -0.2) is 42.1 Å². The van der Waals surface area contributed by atoms with Crippen LogP contribution in [0.3, 0.4) is 0 Å². The number of hydrogen-bond donors (Lipinski definition) is 1. The minimum atomic E-state index is 0.322. The minimum absolute atomic E-state index is 0.322. The van der Waals surface area contributed by atoms with Gasteiger partial charge in [0.15, 0.2) is 0 Å². The highest BCUT2D eigenvalue weighted by Gasteiger charge is 1.94. The summed E-state index contributed by atoms with van der Waals surface area (Å²) in [6.07, 6.45) is 2.02. The highest BCUT2D eigenvalue weighted by atomic mass is 79.9. The summed E-state index contributed by atoms with van der Waals surface area (Å²) in [4.78, 5) is 2.25. The Kier molecular flexibility index (Phi) is 7.81. The van der Waals surface area contributed by atoms with Gasteiger partial charge in [-0.05, 0) is 26.4 Å². The monoisotopic (exact) mass is 209 g/mol. The second-order valence-corrected chi connectivity index (χ2v) is 3.22. The van der Waals surface area contributed by atoms with E-state index in [9.17, 15) is 0 Å². The zero-order valence-corrected chi connectivity index (χ0v) is 8.10. The molecule has 0 aromatic heterocycles. The van der Waals surface area contributed by atoms with Gasteiger partial charge in [-0.3, -0.25) is 0 Å². The molecule has 0 saturated carbocycles. The summed E-state index contributed by atoms with van der Waals surface area (Å²) >= 11 is 3.37. The Labute approximate surface area is 71.4 Å². The van der Waals surface area contributed by atoms with Gasteiger partial charge in [0.05, 0.1) is 0 Å². The molecule has 0 rings (SSSR count). The molecule has 0 saturated heterocycles. The van der Waals surface area contributed by atoms with Crippen LogP contribution in [0.25, 0.3) is 0 Å². The maximum Gasteiger partial charge on any atom is 0.0431 e. The topological polar surface area (TPSA) is 23.5 Å². The van der Waals surface area contributed by atoms with Crippen LogP contribution in [0.1, 0.15) is 12.8 Å². The van der Waals surface area contributed by atoms with Gasteiger partial charge >= 0.3 is 0 Å². The molecule has 0 spiro atoms. The molecule has 0 heterocycles. The molecule has 3 heteroatoms. The summed E-state index contributed by atoms with van der Waals surface area (Å²) in [7, 11) is 2.10. The molecule has 62 valence electrons. The summed E-state index contributed by atoms with van der Waals surface area (Å²) in [5, 5.41) is 9.51. The van der Waals surface area contributed by atoms with E-state index in [1.807, 2.05) is 0 Å². The normalized spacial score (nSPS) is 10.8. The first-order chi connectivity index (χ1) is 4.81. The first-order valence-corrected chi connectivity index (χ1v) is 4.78. The summed E-state index contributed by atoms with van der Waals surface area (Å²) in [5.74, 6) is 0. The lowest BCUT2D eigenvalue weighted by molar-refractivity contribution is 0.267. The predicted octanol–water partition coefficient (Wildman–Crippen LogP) is 1.09. The van der Waals surface area contributed by atoms with E-state index in [1.54, 1.807) is 0 Å². The number of nitrogens with zero attached hydrogens (tertiary/aromatic N) is 1. The van der Waals surface area contributed by atoms with E-state index in [-0.39, 0.29) is 0 Å². The summed E-state index contributed by atoms with van der Waals surface area (Å²) < 4.78 is 0. The lowest BCUT2D eigenvalue weighted by Gasteiger charge is -2.13. The van der Waals surface area contributed by atoms with Crippen molar-refractivity contribution < 1.29 is 5.11 Å². The van der Waals surface area contributed by atoms with Crippen LogP contribution < -0.4 is 0 Å². The molecule has 0 amide bonds. The fourth-order valence-electron chi connectivity index (χ4n) is 0.750. The quantitative estimate of drug-likeness (QED) is 0.524. The molecule has 0 bridgehead atoms. The van der Waals surface area contributed by atoms with Crippen molar-refractivity contribution >= 4 is 15.9 Å². The maximum absolute atomic E-state index is 8.48. The number of aliphatic hydroxyl groups is 1. The fraction of sp³-hybridized carbons (Fsp3) is 1.00. The van der Waals surface area contributed by atoms with E-state index < -0.39 is 0 Å². The van der Waals surface area contributed by atoms with Crippen molar-refractivity contribution in [3.05, 3.63) is 0 Å². The van der Waals surface area contributed by atoms with Crippen molar-refractivity contribution in [2.75, 3.05) is 32.1 Å². The number of unbranched alkanes of at least 4 members (excludes halogenated alkanes) is 1. The summed E-state index contributed by atoms with van der Waals surface area (Å²) in [5.41, 5.74) is 0. The molecule has 0 atom stereocenters. The van der Waals surface area contributed by atoms with Crippen molar-refractivity contribution in [1.82, 2.24) is 4.90 Å². The molecule has 0 unspecified atom stereocenters. The maximum atomic E-state index is 8.48. The van der Waals surface area contributed by atoms with Gasteiger partial charge in [0, 0.05) is 18.5 Å². The first kappa shape index (κ1) is 10.4. The number of aliphatic hydroxyl groups excluding tert-OH is 1. The van der Waals surface area contributed by atoms with E-state index >= 15 is 0 Å². The molecule has 1 N–H and O–H groups in total. The Bertz CT molecular complexity index is 70.6. The molecule has 10 heavy (non-hydrogen) atoms. The van der Waals surface area contributed by atoms with Gasteiger partial charge < -0.3 is 10.0 Å². The smallest absolute Gasteiger partial charge is 0.0431 e. The van der Waals surface area contributed by atoms with E-state index in [0.29, 0.717) is 6.61 Å². The number of rotatable bonds is 6. The van der Waals surface area contributed by atoms with Crippen molar-refractivity contribution in [3.63, 3.8) is 0 Å². The molecule has 0 fully saturated rings. The van der Waals surface area contributed by atoms with Crippen LogP contribution >= 0.6 is 15.9 Å². The summed E-state index contributed by atoms with van der Waals surface area (Å²) in [6, 6.07) is 0. The molecule has 0 radical (unpaired) electrons. The average Bonchev–Trinajstić information content (AvgIpc) is 1.89. The SMILES string of the molecule is CN(CCBr)CCCCO. The van der Waals surface area contributed by atoms with Crippen LogP contribution in [0.2, 0.25) is 0 Å². The van der Waals surface area contributed by atoms with Gasteiger partial charge in [-0.2, -0.15) is 0 Å². The highest BCUT2D eigenvalue weighted by molar-refractivity contribution is 9.09. The minimum Gasteiger partial charge on any atom is -0.396 e. The number of halogens is 1. The van der Waals surface area contributed by atoms with Gasteiger partial charge in [0.2, 0.25) is 0 Å². The fourth-order valence-corrected chi connectivity index (χ4v) is 1.36. The van der Waals surface area contributed by atoms with Crippen molar-refractivity contribution in [3.8, 4) is 0 Å². The molecule has 0 aliphatic rings. The Morgan fingerprint density at radius 1 is 1.30 bits per heavy atom. The van der Waals surface area contributed by atoms with Gasteiger partial charge in [0.1, 0.15) is 0 Å². The Morgan fingerprint density at radius 3 is 2.50 bits per heavy atom. The zero-order valence-electron chi connectivity index (χ0n) is 6.52. The van der Waals surface area contributed by atoms with E-state index in [4.69, 9.17) is 5.11 Å². The Hall–Kier alpha value is 0.400. The van der Waals surface area contributed by atoms with Crippen molar-refractivity contribution in [2.24, 2.45) is 0 Å². The van der Waals surface area contributed by atoms with E-state index in [2.05, 4.69) is 27.9 Å². The Balaban J connectivity index is 2.97. The third kappa shape index (κ3) is 6.52. The number of hydrogen-bond acceptors (Lipinski definition) is 2. The molecule has 0 aliphatic carbocycles. The van der Waals surface area contributed by atoms with E-state index in [0.717, 1.165) is 31.3 Å². The third-order valence-electron chi connectivity index (χ3n) is 1.41. The van der Waals surface area contributed by atoms with Crippen LogP contribution in [0.15, 0.2) is 0 Å². The van der Waals surface area contributed by atoms with Crippen LogP contribution in [0.4, 0.5) is 0 Å². The van der Waals surface area contributed by atoms with Gasteiger partial charge in [-0.25, -0.2) is 0 Å². The van der Waals surface area contributed by atoms with Crippen LogP contribution in [0.5, 0.6) is 0 Å². The zero-order chi connectivity index (χ0) is 7.82.